The van der Waals surface area contributed by atoms with E-state index in [1.54, 1.807) is 35.6 Å². The number of rotatable bonds is 3. The van der Waals surface area contributed by atoms with E-state index in [-0.39, 0.29) is 17.2 Å². The Kier molecular flexibility index (Phi) is 6.66. The molecule has 0 bridgehead atoms. The topological polar surface area (TPSA) is 52.6 Å². The summed E-state index contributed by atoms with van der Waals surface area (Å²) in [5.74, 6) is 0.383. The Balaban J connectivity index is 1.67. The highest BCUT2D eigenvalue weighted by atomic mass is 35.5. The second-order valence-corrected chi connectivity index (χ2v) is 11.6. The molecular weight excluding hydrogens is 442 g/mol. The Hall–Kier alpha value is -1.89. The number of hydrogen-bond acceptors (Lipinski definition) is 4. The van der Waals surface area contributed by atoms with Crippen molar-refractivity contribution in [3.05, 3.63) is 50.9 Å². The van der Waals surface area contributed by atoms with Crippen LogP contribution in [-0.4, -0.2) is 54.8 Å². The number of fused-ring (bicyclic) bond motifs is 1. The van der Waals surface area contributed by atoms with E-state index in [2.05, 4.69) is 38.0 Å². The van der Waals surface area contributed by atoms with Gasteiger partial charge in [0.2, 0.25) is 0 Å². The van der Waals surface area contributed by atoms with E-state index in [1.165, 1.54) is 4.88 Å². The molecule has 2 heterocycles. The van der Waals surface area contributed by atoms with Crippen molar-refractivity contribution in [2.24, 2.45) is 11.3 Å². The molecule has 1 fully saturated rings. The number of anilines is 1. The fraction of sp³-hybridized carbons (Fsp3) is 0.520. The van der Waals surface area contributed by atoms with Gasteiger partial charge in [-0.1, -0.05) is 38.4 Å². The number of carbonyl (C=O) groups excluding carboxylic acids is 2. The summed E-state index contributed by atoms with van der Waals surface area (Å²) in [7, 11) is 2.08. The molecule has 2 amide bonds. The summed E-state index contributed by atoms with van der Waals surface area (Å²) in [5, 5.41) is 4.25. The molecule has 4 rings (SSSR count). The molecule has 1 aromatic carbocycles. The number of thiophene rings is 1. The summed E-state index contributed by atoms with van der Waals surface area (Å²) in [6.45, 7) is 10.0. The number of likely N-dealkylation sites (N-methyl/N-ethyl adjacent to an activating group) is 1. The first-order chi connectivity index (χ1) is 15.1. The number of halogens is 1. The molecule has 32 heavy (non-hydrogen) atoms. The lowest BCUT2D eigenvalue weighted by atomic mass is 9.72. The normalized spacial score (nSPS) is 19.5. The highest BCUT2D eigenvalue weighted by Crippen LogP contribution is 2.44. The van der Waals surface area contributed by atoms with Crippen molar-refractivity contribution in [1.82, 2.24) is 9.80 Å². The fourth-order valence-corrected chi connectivity index (χ4v) is 6.12. The quantitative estimate of drug-likeness (QED) is 0.667. The summed E-state index contributed by atoms with van der Waals surface area (Å²) in [6, 6.07) is 6.91. The van der Waals surface area contributed by atoms with Crippen LogP contribution in [0.25, 0.3) is 0 Å². The third kappa shape index (κ3) is 4.87. The Bertz CT molecular complexity index is 1020. The maximum atomic E-state index is 13.7. The van der Waals surface area contributed by atoms with Crippen LogP contribution in [0.4, 0.5) is 5.00 Å². The first-order valence-electron chi connectivity index (χ1n) is 11.3. The average molecular weight is 474 g/mol. The summed E-state index contributed by atoms with van der Waals surface area (Å²) < 4.78 is 0. The van der Waals surface area contributed by atoms with Gasteiger partial charge in [0.1, 0.15) is 5.00 Å². The lowest BCUT2D eigenvalue weighted by molar-refractivity contribution is 0.0664. The van der Waals surface area contributed by atoms with Gasteiger partial charge in [-0.2, -0.15) is 0 Å². The van der Waals surface area contributed by atoms with E-state index in [0.29, 0.717) is 40.2 Å². The van der Waals surface area contributed by atoms with Gasteiger partial charge in [0, 0.05) is 41.6 Å². The molecule has 1 N–H and O–H groups in total. The molecule has 0 unspecified atom stereocenters. The van der Waals surface area contributed by atoms with E-state index in [9.17, 15) is 9.59 Å². The number of nitrogens with zero attached hydrogens (tertiary/aromatic N) is 2. The zero-order chi connectivity index (χ0) is 23.0. The lowest BCUT2D eigenvalue weighted by Crippen LogP contribution is -2.47. The summed E-state index contributed by atoms with van der Waals surface area (Å²) in [5.41, 5.74) is 2.56. The standard InChI is InChI=1S/C25H32ClN3O2S/c1-25(2,3)17-8-9-19-20(15-17)32-23(27-22(30)16-6-5-7-18(26)14-16)21(19)24(31)29-12-10-28(4)11-13-29/h5-7,14,17H,8-13,15H2,1-4H3,(H,27,30)/t17-/m0/s1. The fourth-order valence-electron chi connectivity index (χ4n) is 4.61. The van der Waals surface area contributed by atoms with Gasteiger partial charge in [0.15, 0.2) is 0 Å². The predicted molar refractivity (Wildman–Crippen MR) is 132 cm³/mol. The number of amides is 2. The molecule has 172 valence electrons. The van der Waals surface area contributed by atoms with Gasteiger partial charge in [-0.25, -0.2) is 0 Å². The molecular formula is C25H32ClN3O2S. The lowest BCUT2D eigenvalue weighted by Gasteiger charge is -2.35. The molecule has 0 saturated carbocycles. The SMILES string of the molecule is CN1CCN(C(=O)c2c(NC(=O)c3cccc(Cl)c3)sc3c2CC[C@H](C(C)(C)C)C3)CC1. The second kappa shape index (κ2) is 9.16. The molecule has 0 spiro atoms. The maximum absolute atomic E-state index is 13.7. The van der Waals surface area contributed by atoms with Gasteiger partial charge in [-0.3, -0.25) is 9.59 Å². The van der Waals surface area contributed by atoms with E-state index in [1.807, 2.05) is 4.90 Å². The van der Waals surface area contributed by atoms with Gasteiger partial charge in [0.25, 0.3) is 11.8 Å². The van der Waals surface area contributed by atoms with Crippen LogP contribution in [0.1, 0.15) is 58.3 Å². The average Bonchev–Trinajstić information content (AvgIpc) is 3.10. The van der Waals surface area contributed by atoms with Crippen LogP contribution in [0.15, 0.2) is 24.3 Å². The van der Waals surface area contributed by atoms with Crippen LogP contribution in [0.3, 0.4) is 0 Å². The smallest absolute Gasteiger partial charge is 0.257 e. The van der Waals surface area contributed by atoms with Crippen LogP contribution >= 0.6 is 22.9 Å². The Labute approximate surface area is 199 Å². The highest BCUT2D eigenvalue weighted by Gasteiger charge is 2.35. The minimum Gasteiger partial charge on any atom is -0.336 e. The second-order valence-electron chi connectivity index (χ2n) is 10.1. The minimum absolute atomic E-state index is 0.0474. The van der Waals surface area contributed by atoms with E-state index in [4.69, 9.17) is 11.6 Å². The summed E-state index contributed by atoms with van der Waals surface area (Å²) in [6.07, 6.45) is 2.91. The van der Waals surface area contributed by atoms with E-state index < -0.39 is 0 Å². The molecule has 1 atom stereocenters. The van der Waals surface area contributed by atoms with Crippen molar-refractivity contribution in [2.45, 2.75) is 40.0 Å². The number of nitrogens with one attached hydrogen (secondary N) is 1. The van der Waals surface area contributed by atoms with Gasteiger partial charge in [0.05, 0.1) is 5.56 Å². The van der Waals surface area contributed by atoms with Gasteiger partial charge in [-0.15, -0.1) is 11.3 Å². The first kappa shape index (κ1) is 23.3. The van der Waals surface area contributed by atoms with E-state index >= 15 is 0 Å². The predicted octanol–water partition coefficient (Wildman–Crippen LogP) is 5.19. The Morgan fingerprint density at radius 3 is 2.53 bits per heavy atom. The monoisotopic (exact) mass is 473 g/mol. The minimum atomic E-state index is -0.231. The largest absolute Gasteiger partial charge is 0.336 e. The summed E-state index contributed by atoms with van der Waals surface area (Å²) in [4.78, 5) is 32.1. The van der Waals surface area contributed by atoms with Crippen molar-refractivity contribution in [3.8, 4) is 0 Å². The third-order valence-corrected chi connectivity index (χ3v) is 8.21. The number of piperazine rings is 1. The van der Waals surface area contributed by atoms with Crippen LogP contribution in [-0.2, 0) is 12.8 Å². The first-order valence-corrected chi connectivity index (χ1v) is 12.5. The molecule has 1 aliphatic carbocycles. The zero-order valence-electron chi connectivity index (χ0n) is 19.3. The third-order valence-electron chi connectivity index (χ3n) is 6.81. The van der Waals surface area contributed by atoms with Crippen molar-refractivity contribution < 1.29 is 9.59 Å². The van der Waals surface area contributed by atoms with E-state index in [0.717, 1.165) is 37.9 Å². The molecule has 0 radical (unpaired) electrons. The van der Waals surface area contributed by atoms with Crippen molar-refractivity contribution in [3.63, 3.8) is 0 Å². The molecule has 1 aliphatic heterocycles. The summed E-state index contributed by atoms with van der Waals surface area (Å²) >= 11 is 7.67. The van der Waals surface area contributed by atoms with Crippen LogP contribution in [0.5, 0.6) is 0 Å². The maximum Gasteiger partial charge on any atom is 0.257 e. The zero-order valence-corrected chi connectivity index (χ0v) is 20.9. The molecule has 2 aliphatic rings. The van der Waals surface area contributed by atoms with Crippen molar-refractivity contribution >= 4 is 39.8 Å². The van der Waals surface area contributed by atoms with Crippen LogP contribution in [0, 0.1) is 11.3 Å². The Morgan fingerprint density at radius 1 is 1.16 bits per heavy atom. The van der Waals surface area contributed by atoms with Crippen LogP contribution in [0.2, 0.25) is 5.02 Å². The van der Waals surface area contributed by atoms with Crippen molar-refractivity contribution in [1.29, 1.82) is 0 Å². The number of benzene rings is 1. The Morgan fingerprint density at radius 2 is 1.88 bits per heavy atom. The molecule has 7 heteroatoms. The molecule has 5 nitrogen and oxygen atoms in total. The van der Waals surface area contributed by atoms with Gasteiger partial charge in [-0.05, 0) is 61.4 Å². The molecule has 1 saturated heterocycles. The number of carbonyl (C=O) groups is 2. The number of hydrogen-bond donors (Lipinski definition) is 1. The van der Waals surface area contributed by atoms with Crippen LogP contribution < -0.4 is 5.32 Å². The molecule has 2 aromatic rings. The molecule has 1 aromatic heterocycles. The highest BCUT2D eigenvalue weighted by molar-refractivity contribution is 7.17. The van der Waals surface area contributed by atoms with Crippen molar-refractivity contribution in [2.75, 3.05) is 38.5 Å². The van der Waals surface area contributed by atoms with Gasteiger partial charge >= 0.3 is 0 Å². The van der Waals surface area contributed by atoms with Gasteiger partial charge < -0.3 is 15.1 Å².